The quantitative estimate of drug-likeness (QED) is 0.245. The van der Waals surface area contributed by atoms with Crippen LogP contribution in [0.1, 0.15) is 97.8 Å². The highest BCUT2D eigenvalue weighted by atomic mass is 16.6. The smallest absolute Gasteiger partial charge is 0.178 e. The minimum absolute atomic E-state index is 0.213. The minimum atomic E-state index is -0.805. The van der Waals surface area contributed by atoms with Crippen LogP contribution >= 0.6 is 0 Å². The minimum Gasteiger partial charge on any atom is -0.364 e. The summed E-state index contributed by atoms with van der Waals surface area (Å²) in [5.74, 6) is 2.85. The topological polar surface area (TPSA) is 32.7 Å². The maximum atomic E-state index is 10.4. The number of hydrogen-bond donors (Lipinski definition) is 1. The predicted octanol–water partition coefficient (Wildman–Crippen LogP) is 6.16. The van der Waals surface area contributed by atoms with Gasteiger partial charge in [0, 0.05) is 6.54 Å². The van der Waals surface area contributed by atoms with Crippen LogP contribution in [0.15, 0.2) is 12.2 Å². The van der Waals surface area contributed by atoms with Gasteiger partial charge in [-0.2, -0.15) is 0 Å². The average Bonchev–Trinajstić information content (AvgIpc) is 2.73. The van der Waals surface area contributed by atoms with E-state index in [1.807, 2.05) is 0 Å². The largest absolute Gasteiger partial charge is 0.364 e. The highest BCUT2D eigenvalue weighted by Gasteiger charge is 2.31. The molecule has 2 rings (SSSR count). The molecule has 2 fully saturated rings. The van der Waals surface area contributed by atoms with Crippen LogP contribution in [0.2, 0.25) is 0 Å². The van der Waals surface area contributed by atoms with Gasteiger partial charge in [-0.3, -0.25) is 4.90 Å². The molecule has 0 saturated heterocycles. The lowest BCUT2D eigenvalue weighted by atomic mass is 9.70. The molecule has 3 heteroatoms. The molecule has 28 heavy (non-hydrogen) atoms. The summed E-state index contributed by atoms with van der Waals surface area (Å²) in [5, 5.41) is 10.4. The number of aliphatic hydroxyl groups is 1. The van der Waals surface area contributed by atoms with E-state index in [0.717, 1.165) is 55.8 Å². The molecule has 164 valence electrons. The molecule has 0 amide bonds. The molecule has 0 aromatic heterocycles. The van der Waals surface area contributed by atoms with Crippen molar-refractivity contribution in [3.8, 4) is 0 Å². The lowest BCUT2D eigenvalue weighted by Crippen LogP contribution is -2.34. The fourth-order valence-electron chi connectivity index (χ4n) is 5.42. The van der Waals surface area contributed by atoms with Crippen molar-refractivity contribution < 1.29 is 9.84 Å². The van der Waals surface area contributed by atoms with Gasteiger partial charge in [-0.15, -0.1) is 0 Å². The Morgan fingerprint density at radius 3 is 2.04 bits per heavy atom. The first-order valence-electron chi connectivity index (χ1n) is 12.3. The third-order valence-electron chi connectivity index (χ3n) is 7.48. The first-order valence-corrected chi connectivity index (χ1v) is 12.3. The summed E-state index contributed by atoms with van der Waals surface area (Å²) >= 11 is 0. The monoisotopic (exact) mass is 393 g/mol. The fraction of sp³-hybridized carbons (Fsp3) is 0.920. The number of hydrogen-bond acceptors (Lipinski definition) is 3. The zero-order valence-electron chi connectivity index (χ0n) is 19.0. The molecular weight excluding hydrogens is 346 g/mol. The van der Waals surface area contributed by atoms with Crippen molar-refractivity contribution in [2.24, 2.45) is 17.8 Å². The molecule has 1 N–H and O–H groups in total. The molecule has 0 bridgehead atoms. The Kier molecular flexibility index (Phi) is 11.1. The molecule has 0 radical (unpaired) electrons. The van der Waals surface area contributed by atoms with Crippen molar-refractivity contribution in [1.29, 1.82) is 0 Å². The van der Waals surface area contributed by atoms with Crippen molar-refractivity contribution >= 4 is 0 Å². The van der Waals surface area contributed by atoms with Crippen LogP contribution in [-0.2, 0) is 4.74 Å². The Balaban J connectivity index is 1.64. The number of aliphatic hydroxyl groups excluding tert-OH is 1. The van der Waals surface area contributed by atoms with Gasteiger partial charge >= 0.3 is 0 Å². The van der Waals surface area contributed by atoms with E-state index in [0.29, 0.717) is 0 Å². The van der Waals surface area contributed by atoms with Gasteiger partial charge in [0.1, 0.15) is 0 Å². The van der Waals surface area contributed by atoms with E-state index in [2.05, 4.69) is 32.3 Å². The third kappa shape index (κ3) is 7.80. The number of likely N-dealkylation sites (N-methyl/N-ethyl adjacent to an activating group) is 1. The van der Waals surface area contributed by atoms with Gasteiger partial charge in [-0.05, 0) is 74.9 Å². The second kappa shape index (κ2) is 13.0. The summed E-state index contributed by atoms with van der Waals surface area (Å²) in [6.45, 7) is 13.3. The Morgan fingerprint density at radius 2 is 1.50 bits per heavy atom. The maximum Gasteiger partial charge on any atom is 0.178 e. The molecule has 2 saturated carbocycles. The lowest BCUT2D eigenvalue weighted by Gasteiger charge is -2.38. The average molecular weight is 394 g/mol. The van der Waals surface area contributed by atoms with E-state index in [1.165, 1.54) is 64.2 Å². The van der Waals surface area contributed by atoms with E-state index in [1.54, 1.807) is 0 Å². The third-order valence-corrected chi connectivity index (χ3v) is 7.48. The van der Waals surface area contributed by atoms with Gasteiger partial charge in [0.15, 0.2) is 6.29 Å². The van der Waals surface area contributed by atoms with E-state index >= 15 is 0 Å². The number of ether oxygens (including phenoxy) is 1. The molecule has 0 aromatic carbocycles. The van der Waals surface area contributed by atoms with Crippen LogP contribution in [-0.4, -0.2) is 42.0 Å². The van der Waals surface area contributed by atoms with Crippen LogP contribution in [0.5, 0.6) is 0 Å². The van der Waals surface area contributed by atoms with Crippen LogP contribution < -0.4 is 0 Å². The second-order valence-corrected chi connectivity index (χ2v) is 9.42. The predicted molar refractivity (Wildman–Crippen MR) is 119 cm³/mol. The zero-order chi connectivity index (χ0) is 20.4. The van der Waals surface area contributed by atoms with Gasteiger partial charge in [0.2, 0.25) is 0 Å². The van der Waals surface area contributed by atoms with Gasteiger partial charge in [-0.25, -0.2) is 0 Å². The van der Waals surface area contributed by atoms with Gasteiger partial charge in [0.05, 0.1) is 6.10 Å². The lowest BCUT2D eigenvalue weighted by molar-refractivity contribution is -0.128. The Morgan fingerprint density at radius 1 is 0.929 bits per heavy atom. The zero-order valence-corrected chi connectivity index (χ0v) is 19.0. The standard InChI is InChI=1S/C25H47NO2/c1-5-8-9-10-21-11-13-22(14-12-21)23-15-17-24(18-16-23)28-25(27)20(4)19-26(6-2)7-3/h21-25,27H,4-19H2,1-3H3. The number of rotatable bonds is 12. The summed E-state index contributed by atoms with van der Waals surface area (Å²) in [7, 11) is 0. The molecule has 0 spiro atoms. The van der Waals surface area contributed by atoms with Crippen LogP contribution in [0.25, 0.3) is 0 Å². The Bertz CT molecular complexity index is 418. The Hall–Kier alpha value is -0.380. The first-order chi connectivity index (χ1) is 13.6. The molecule has 1 atom stereocenters. The van der Waals surface area contributed by atoms with Crippen molar-refractivity contribution in [3.05, 3.63) is 12.2 Å². The SMILES string of the molecule is C=C(CN(CC)CC)C(O)OC1CCC(C2CCC(CCCCC)CC2)CC1. The van der Waals surface area contributed by atoms with Gasteiger partial charge in [0.25, 0.3) is 0 Å². The number of unbranched alkanes of at least 4 members (excludes halogenated alkanes) is 2. The van der Waals surface area contributed by atoms with E-state index in [9.17, 15) is 5.11 Å². The second-order valence-electron chi connectivity index (χ2n) is 9.42. The van der Waals surface area contributed by atoms with Crippen LogP contribution in [0, 0.1) is 17.8 Å². The van der Waals surface area contributed by atoms with E-state index in [4.69, 9.17) is 4.74 Å². The summed E-state index contributed by atoms with van der Waals surface area (Å²) in [4.78, 5) is 2.27. The highest BCUT2D eigenvalue weighted by molar-refractivity contribution is 5.01. The fourth-order valence-corrected chi connectivity index (χ4v) is 5.42. The number of nitrogens with zero attached hydrogens (tertiary/aromatic N) is 1. The van der Waals surface area contributed by atoms with Crippen molar-refractivity contribution in [2.75, 3.05) is 19.6 Å². The van der Waals surface area contributed by atoms with Crippen molar-refractivity contribution in [1.82, 2.24) is 4.90 Å². The van der Waals surface area contributed by atoms with Gasteiger partial charge < -0.3 is 9.84 Å². The molecule has 2 aliphatic carbocycles. The Labute approximate surface area is 174 Å². The normalized spacial score (nSPS) is 29.8. The van der Waals surface area contributed by atoms with Crippen LogP contribution in [0.3, 0.4) is 0 Å². The summed E-state index contributed by atoms with van der Waals surface area (Å²) in [6, 6.07) is 0. The molecule has 3 nitrogen and oxygen atoms in total. The molecule has 1 unspecified atom stereocenters. The highest BCUT2D eigenvalue weighted by Crippen LogP contribution is 2.41. The van der Waals surface area contributed by atoms with Crippen molar-refractivity contribution in [3.63, 3.8) is 0 Å². The summed E-state index contributed by atoms with van der Waals surface area (Å²) in [6.07, 6.45) is 15.7. The summed E-state index contributed by atoms with van der Waals surface area (Å²) < 4.78 is 5.98. The van der Waals surface area contributed by atoms with Crippen LogP contribution in [0.4, 0.5) is 0 Å². The molecule has 0 aliphatic heterocycles. The molecule has 0 heterocycles. The summed E-state index contributed by atoms with van der Waals surface area (Å²) in [5.41, 5.74) is 0.798. The maximum absolute atomic E-state index is 10.4. The van der Waals surface area contributed by atoms with E-state index < -0.39 is 6.29 Å². The molecule has 2 aliphatic rings. The van der Waals surface area contributed by atoms with Gasteiger partial charge in [-0.1, -0.05) is 65.9 Å². The molecule has 0 aromatic rings. The van der Waals surface area contributed by atoms with E-state index in [-0.39, 0.29) is 6.10 Å². The first kappa shape index (κ1) is 23.9. The van der Waals surface area contributed by atoms with Crippen molar-refractivity contribution in [2.45, 2.75) is 110 Å². The molecular formula is C25H47NO2.